The molecule has 2 aliphatic rings. The number of nitrogens with one attached hydrogen (secondary N) is 2. The summed E-state index contributed by atoms with van der Waals surface area (Å²) in [5.41, 5.74) is 0. The van der Waals surface area contributed by atoms with Gasteiger partial charge in [0.2, 0.25) is 15.9 Å². The molecule has 0 saturated carbocycles. The van der Waals surface area contributed by atoms with Gasteiger partial charge in [-0.05, 0) is 32.6 Å². The molecular weight excluding hydrogens is 507 g/mol. The van der Waals surface area contributed by atoms with E-state index in [1.165, 1.54) is 6.26 Å². The van der Waals surface area contributed by atoms with Gasteiger partial charge in [0.05, 0.1) is 12.8 Å². The zero-order chi connectivity index (χ0) is 20.7. The standard InChI is InChI=1S/C18H36N6O3S.HI/c1-15(2)21-17(25)14-22-9-11-23(12-10-22)18(19-3)20-13-16-5-7-24(8-6-16)28(4,26)27;/h15-16H,5-14H2,1-4H3,(H,19,20)(H,21,25);1H. The van der Waals surface area contributed by atoms with Gasteiger partial charge in [0.15, 0.2) is 5.96 Å². The van der Waals surface area contributed by atoms with Crippen LogP contribution >= 0.6 is 24.0 Å². The van der Waals surface area contributed by atoms with E-state index in [-0.39, 0.29) is 35.9 Å². The van der Waals surface area contributed by atoms with Crippen LogP contribution in [0.5, 0.6) is 0 Å². The number of carbonyl (C=O) groups excluding carboxylic acids is 1. The number of amides is 1. The Morgan fingerprint density at radius 2 is 1.69 bits per heavy atom. The Labute approximate surface area is 192 Å². The fourth-order valence-electron chi connectivity index (χ4n) is 3.70. The van der Waals surface area contributed by atoms with Crippen LogP contribution in [-0.2, 0) is 14.8 Å². The lowest BCUT2D eigenvalue weighted by Crippen LogP contribution is -2.54. The van der Waals surface area contributed by atoms with E-state index < -0.39 is 10.0 Å². The van der Waals surface area contributed by atoms with E-state index >= 15 is 0 Å². The van der Waals surface area contributed by atoms with Crippen LogP contribution in [0.3, 0.4) is 0 Å². The number of piperidine rings is 1. The lowest BCUT2D eigenvalue weighted by atomic mass is 9.98. The summed E-state index contributed by atoms with van der Waals surface area (Å²) in [7, 11) is -1.29. The monoisotopic (exact) mass is 544 g/mol. The summed E-state index contributed by atoms with van der Waals surface area (Å²) in [6.45, 7) is 9.72. The minimum Gasteiger partial charge on any atom is -0.356 e. The topological polar surface area (TPSA) is 97.3 Å². The van der Waals surface area contributed by atoms with E-state index in [2.05, 4.69) is 25.4 Å². The average molecular weight is 545 g/mol. The highest BCUT2D eigenvalue weighted by atomic mass is 127. The van der Waals surface area contributed by atoms with Crippen molar-refractivity contribution in [1.29, 1.82) is 0 Å². The summed E-state index contributed by atoms with van der Waals surface area (Å²) in [6, 6.07) is 0.168. The van der Waals surface area contributed by atoms with Crippen LogP contribution in [0, 0.1) is 5.92 Å². The van der Waals surface area contributed by atoms with Crippen LogP contribution in [0.4, 0.5) is 0 Å². The molecule has 2 aliphatic heterocycles. The number of guanidine groups is 1. The highest BCUT2D eigenvalue weighted by molar-refractivity contribution is 14.0. The van der Waals surface area contributed by atoms with E-state index in [4.69, 9.17) is 0 Å². The van der Waals surface area contributed by atoms with Crippen molar-refractivity contribution in [3.05, 3.63) is 0 Å². The Morgan fingerprint density at radius 1 is 1.10 bits per heavy atom. The van der Waals surface area contributed by atoms with Crippen LogP contribution in [0.25, 0.3) is 0 Å². The van der Waals surface area contributed by atoms with Gasteiger partial charge < -0.3 is 15.5 Å². The lowest BCUT2D eigenvalue weighted by Gasteiger charge is -2.37. The molecule has 2 heterocycles. The van der Waals surface area contributed by atoms with E-state index in [0.29, 0.717) is 25.6 Å². The van der Waals surface area contributed by atoms with Crippen molar-refractivity contribution in [2.24, 2.45) is 10.9 Å². The van der Waals surface area contributed by atoms with Crippen LogP contribution in [0.1, 0.15) is 26.7 Å². The smallest absolute Gasteiger partial charge is 0.234 e. The molecule has 2 rings (SSSR count). The molecule has 0 aromatic carbocycles. The number of hydrogen-bond acceptors (Lipinski definition) is 5. The second-order valence-electron chi connectivity index (χ2n) is 8.02. The normalized spacial score (nSPS) is 20.4. The summed E-state index contributed by atoms with van der Waals surface area (Å²) < 4.78 is 24.8. The Bertz CT molecular complexity index is 642. The molecule has 11 heteroatoms. The molecule has 29 heavy (non-hydrogen) atoms. The zero-order valence-corrected chi connectivity index (χ0v) is 21.2. The number of nitrogens with zero attached hydrogens (tertiary/aromatic N) is 4. The first-order chi connectivity index (χ1) is 13.2. The van der Waals surface area contributed by atoms with Gasteiger partial charge in [-0.2, -0.15) is 0 Å². The number of sulfonamides is 1. The maximum absolute atomic E-state index is 11.9. The first-order valence-corrected chi connectivity index (χ1v) is 12.0. The minimum atomic E-state index is -3.08. The summed E-state index contributed by atoms with van der Waals surface area (Å²) in [4.78, 5) is 20.7. The number of carbonyl (C=O) groups is 1. The number of aliphatic imine (C=N–C) groups is 1. The average Bonchev–Trinajstić information content (AvgIpc) is 2.62. The maximum Gasteiger partial charge on any atom is 0.234 e. The predicted molar refractivity (Wildman–Crippen MR) is 127 cm³/mol. The quantitative estimate of drug-likeness (QED) is 0.278. The van der Waals surface area contributed by atoms with Crippen LogP contribution in [0.15, 0.2) is 4.99 Å². The molecule has 2 fully saturated rings. The zero-order valence-electron chi connectivity index (χ0n) is 18.1. The Hall–Kier alpha value is -0.660. The highest BCUT2D eigenvalue weighted by Crippen LogP contribution is 2.18. The summed E-state index contributed by atoms with van der Waals surface area (Å²) >= 11 is 0. The molecule has 0 aliphatic carbocycles. The maximum atomic E-state index is 11.9. The van der Waals surface area contributed by atoms with E-state index in [9.17, 15) is 13.2 Å². The lowest BCUT2D eigenvalue weighted by molar-refractivity contribution is -0.123. The molecule has 170 valence electrons. The van der Waals surface area contributed by atoms with Crippen molar-refractivity contribution in [2.75, 3.05) is 65.7 Å². The molecule has 0 atom stereocenters. The molecule has 0 radical (unpaired) electrons. The third kappa shape index (κ3) is 8.93. The SMILES string of the molecule is CN=C(NCC1CCN(S(C)(=O)=O)CC1)N1CCN(CC(=O)NC(C)C)CC1.I. The van der Waals surface area contributed by atoms with E-state index in [1.807, 2.05) is 13.8 Å². The number of piperazine rings is 1. The second kappa shape index (κ2) is 12.3. The third-order valence-electron chi connectivity index (χ3n) is 5.29. The summed E-state index contributed by atoms with van der Waals surface area (Å²) in [5, 5.41) is 6.39. The van der Waals surface area contributed by atoms with Gasteiger partial charge in [-0.3, -0.25) is 14.7 Å². The van der Waals surface area contributed by atoms with Gasteiger partial charge in [0, 0.05) is 58.9 Å². The van der Waals surface area contributed by atoms with Crippen molar-refractivity contribution >= 4 is 45.9 Å². The van der Waals surface area contributed by atoms with Crippen molar-refractivity contribution in [1.82, 2.24) is 24.7 Å². The Balaban J connectivity index is 0.00000420. The number of hydrogen-bond donors (Lipinski definition) is 2. The molecule has 0 bridgehead atoms. The van der Waals surface area contributed by atoms with Gasteiger partial charge in [0.1, 0.15) is 0 Å². The highest BCUT2D eigenvalue weighted by Gasteiger charge is 2.26. The largest absolute Gasteiger partial charge is 0.356 e. The van der Waals surface area contributed by atoms with Crippen molar-refractivity contribution in [3.8, 4) is 0 Å². The second-order valence-corrected chi connectivity index (χ2v) is 10.0. The molecule has 2 saturated heterocycles. The van der Waals surface area contributed by atoms with Crippen molar-refractivity contribution in [3.63, 3.8) is 0 Å². The minimum absolute atomic E-state index is 0. The van der Waals surface area contributed by atoms with Gasteiger partial charge in [-0.25, -0.2) is 12.7 Å². The molecule has 1 amide bonds. The fourth-order valence-corrected chi connectivity index (χ4v) is 4.58. The molecular formula is C18H37IN6O3S. The summed E-state index contributed by atoms with van der Waals surface area (Å²) in [6.07, 6.45) is 3.02. The summed E-state index contributed by atoms with van der Waals surface area (Å²) in [5.74, 6) is 1.42. The first kappa shape index (κ1) is 26.4. The third-order valence-corrected chi connectivity index (χ3v) is 6.60. The molecule has 2 N–H and O–H groups in total. The van der Waals surface area contributed by atoms with Gasteiger partial charge in [0.25, 0.3) is 0 Å². The molecule has 0 unspecified atom stereocenters. The van der Waals surface area contributed by atoms with E-state index in [1.54, 1.807) is 11.4 Å². The molecule has 0 aromatic rings. The molecule has 0 spiro atoms. The van der Waals surface area contributed by atoms with Gasteiger partial charge in [-0.1, -0.05) is 0 Å². The number of rotatable bonds is 6. The fraction of sp³-hybridized carbons (Fsp3) is 0.889. The van der Waals surface area contributed by atoms with Crippen molar-refractivity contribution in [2.45, 2.75) is 32.7 Å². The van der Waals surface area contributed by atoms with Crippen LogP contribution in [-0.4, -0.2) is 106 Å². The molecule has 9 nitrogen and oxygen atoms in total. The predicted octanol–water partition coefficient (Wildman–Crippen LogP) is -0.00640. The first-order valence-electron chi connectivity index (χ1n) is 10.1. The van der Waals surface area contributed by atoms with Crippen LogP contribution < -0.4 is 10.6 Å². The Morgan fingerprint density at radius 3 is 2.17 bits per heavy atom. The van der Waals surface area contributed by atoms with Gasteiger partial charge >= 0.3 is 0 Å². The van der Waals surface area contributed by atoms with Crippen molar-refractivity contribution < 1.29 is 13.2 Å². The Kier molecular flexibility index (Phi) is 11.1. The number of halogens is 1. The van der Waals surface area contributed by atoms with Gasteiger partial charge in [-0.15, -0.1) is 24.0 Å². The molecule has 0 aromatic heterocycles. The van der Waals surface area contributed by atoms with E-state index in [0.717, 1.165) is 51.5 Å². The van der Waals surface area contributed by atoms with Crippen LogP contribution in [0.2, 0.25) is 0 Å².